The summed E-state index contributed by atoms with van der Waals surface area (Å²) in [5.41, 5.74) is 0. The molecular formula is C63H121NO5. The van der Waals surface area contributed by atoms with Crippen molar-refractivity contribution in [3.05, 3.63) is 24.3 Å². The molecular weight excluding hydrogens is 851 g/mol. The average Bonchev–Trinajstić information content (AvgIpc) is 3.35. The number of ether oxygens (including phenoxy) is 1. The van der Waals surface area contributed by atoms with Gasteiger partial charge in [0.25, 0.3) is 0 Å². The zero-order valence-corrected chi connectivity index (χ0v) is 46.6. The minimum atomic E-state index is -0.844. The highest BCUT2D eigenvalue weighted by atomic mass is 16.5. The number of esters is 1. The van der Waals surface area contributed by atoms with E-state index in [2.05, 4.69) is 31.3 Å². The number of aliphatic hydroxyl groups is 2. The third-order valence-electron chi connectivity index (χ3n) is 14.5. The van der Waals surface area contributed by atoms with Crippen LogP contribution < -0.4 is 5.32 Å². The van der Waals surface area contributed by atoms with Gasteiger partial charge in [0.1, 0.15) is 0 Å². The van der Waals surface area contributed by atoms with Gasteiger partial charge in [-0.1, -0.05) is 295 Å². The van der Waals surface area contributed by atoms with Gasteiger partial charge in [0.15, 0.2) is 0 Å². The molecule has 0 heterocycles. The fourth-order valence-electron chi connectivity index (χ4n) is 9.69. The van der Waals surface area contributed by atoms with Crippen molar-refractivity contribution in [2.24, 2.45) is 0 Å². The summed E-state index contributed by atoms with van der Waals surface area (Å²) < 4.78 is 5.48. The molecule has 3 N–H and O–H groups in total. The van der Waals surface area contributed by atoms with E-state index < -0.39 is 12.1 Å². The molecule has 0 radical (unpaired) electrons. The van der Waals surface area contributed by atoms with Crippen molar-refractivity contribution in [1.82, 2.24) is 5.32 Å². The van der Waals surface area contributed by atoms with Crippen LogP contribution in [0.5, 0.6) is 0 Å². The molecule has 0 rings (SSSR count). The number of hydrogen-bond donors (Lipinski definition) is 3. The first-order valence-corrected chi connectivity index (χ1v) is 31.1. The Hall–Kier alpha value is -1.66. The summed E-state index contributed by atoms with van der Waals surface area (Å²) in [6.07, 6.45) is 72.1. The van der Waals surface area contributed by atoms with Crippen molar-refractivity contribution in [3.8, 4) is 0 Å². The molecule has 408 valence electrons. The molecule has 0 spiro atoms. The largest absolute Gasteiger partial charge is 0.466 e. The molecule has 0 aromatic carbocycles. The maximum atomic E-state index is 12.5. The summed E-state index contributed by atoms with van der Waals surface area (Å²) in [5.74, 6) is -0.0615. The number of hydrogen-bond acceptors (Lipinski definition) is 5. The lowest BCUT2D eigenvalue weighted by Crippen LogP contribution is -2.45. The van der Waals surface area contributed by atoms with Crippen LogP contribution in [0.25, 0.3) is 0 Å². The van der Waals surface area contributed by atoms with Gasteiger partial charge in [-0.3, -0.25) is 9.59 Å². The maximum absolute atomic E-state index is 12.5. The number of carbonyl (C=O) groups excluding carboxylic acids is 2. The Bertz CT molecular complexity index is 1080. The molecule has 0 aliphatic rings. The molecule has 0 bridgehead atoms. The second-order valence-corrected chi connectivity index (χ2v) is 21.4. The second kappa shape index (κ2) is 58.9. The Balaban J connectivity index is 3.39. The van der Waals surface area contributed by atoms with Gasteiger partial charge in [0, 0.05) is 12.8 Å². The van der Waals surface area contributed by atoms with Crippen LogP contribution in [0.4, 0.5) is 0 Å². The van der Waals surface area contributed by atoms with Crippen molar-refractivity contribution in [3.63, 3.8) is 0 Å². The van der Waals surface area contributed by atoms with Gasteiger partial charge in [0.2, 0.25) is 5.91 Å². The first-order chi connectivity index (χ1) is 34.0. The Morgan fingerprint density at radius 3 is 1.03 bits per heavy atom. The zero-order chi connectivity index (χ0) is 50.0. The molecule has 0 aliphatic carbocycles. The summed E-state index contributed by atoms with van der Waals surface area (Å²) in [7, 11) is 0. The van der Waals surface area contributed by atoms with Gasteiger partial charge in [-0.15, -0.1) is 0 Å². The van der Waals surface area contributed by atoms with E-state index in [1.807, 2.05) is 6.08 Å². The molecule has 6 heteroatoms. The van der Waals surface area contributed by atoms with Gasteiger partial charge >= 0.3 is 5.97 Å². The van der Waals surface area contributed by atoms with E-state index in [0.717, 1.165) is 44.9 Å². The van der Waals surface area contributed by atoms with E-state index in [4.69, 9.17) is 4.74 Å². The third kappa shape index (κ3) is 55.5. The van der Waals surface area contributed by atoms with Gasteiger partial charge in [-0.2, -0.15) is 0 Å². The predicted molar refractivity (Wildman–Crippen MR) is 301 cm³/mol. The lowest BCUT2D eigenvalue weighted by atomic mass is 10.0. The Labute approximate surface area is 431 Å². The average molecular weight is 973 g/mol. The molecule has 0 saturated heterocycles. The van der Waals surface area contributed by atoms with E-state index >= 15 is 0 Å². The second-order valence-electron chi connectivity index (χ2n) is 21.4. The lowest BCUT2D eigenvalue weighted by molar-refractivity contribution is -0.143. The third-order valence-corrected chi connectivity index (χ3v) is 14.5. The predicted octanol–water partition coefficient (Wildman–Crippen LogP) is 19.4. The summed E-state index contributed by atoms with van der Waals surface area (Å²) in [5, 5.41) is 23.1. The van der Waals surface area contributed by atoms with E-state index in [9.17, 15) is 19.8 Å². The van der Waals surface area contributed by atoms with Crippen LogP contribution in [-0.2, 0) is 14.3 Å². The molecule has 2 unspecified atom stereocenters. The van der Waals surface area contributed by atoms with Gasteiger partial charge < -0.3 is 20.3 Å². The standard InChI is InChI=1S/C63H121NO5/c1-3-5-7-9-11-13-15-17-27-31-35-39-43-47-51-55-61(66)60(59-65)64-62(67)56-52-48-44-40-36-32-29-25-23-21-19-20-22-24-26-30-34-38-42-46-50-54-58-69-63(68)57-53-49-45-41-37-33-28-18-16-14-12-10-8-6-4-2/h18,28,51,55,60-61,65-66H,3-17,19-27,29-50,52-54,56-59H2,1-2H3,(H,64,67)/b28-18-,55-51+. The fourth-order valence-corrected chi connectivity index (χ4v) is 9.69. The number of nitrogens with one attached hydrogen (secondary N) is 1. The molecule has 0 saturated carbocycles. The molecule has 0 aliphatic heterocycles. The molecule has 1 amide bonds. The van der Waals surface area contributed by atoms with E-state index in [-0.39, 0.29) is 18.5 Å². The van der Waals surface area contributed by atoms with Crippen molar-refractivity contribution in [2.45, 2.75) is 353 Å². The highest BCUT2D eigenvalue weighted by molar-refractivity contribution is 5.76. The minimum Gasteiger partial charge on any atom is -0.466 e. The van der Waals surface area contributed by atoms with Crippen LogP contribution in [0.15, 0.2) is 24.3 Å². The van der Waals surface area contributed by atoms with Crippen LogP contribution in [0, 0.1) is 0 Å². The monoisotopic (exact) mass is 972 g/mol. The molecule has 0 aromatic rings. The zero-order valence-electron chi connectivity index (χ0n) is 46.6. The number of unbranched alkanes of at least 4 members (excludes halogenated alkanes) is 45. The minimum absolute atomic E-state index is 0.00509. The summed E-state index contributed by atoms with van der Waals surface area (Å²) in [4.78, 5) is 24.5. The number of carbonyl (C=O) groups is 2. The van der Waals surface area contributed by atoms with Crippen molar-refractivity contribution < 1.29 is 24.5 Å². The smallest absolute Gasteiger partial charge is 0.305 e. The molecule has 69 heavy (non-hydrogen) atoms. The number of aliphatic hydroxyl groups excluding tert-OH is 2. The van der Waals surface area contributed by atoms with Crippen LogP contribution in [0.2, 0.25) is 0 Å². The topological polar surface area (TPSA) is 95.9 Å². The Morgan fingerprint density at radius 1 is 0.391 bits per heavy atom. The van der Waals surface area contributed by atoms with E-state index in [1.165, 1.54) is 270 Å². The van der Waals surface area contributed by atoms with E-state index in [1.54, 1.807) is 6.08 Å². The van der Waals surface area contributed by atoms with Gasteiger partial charge in [-0.05, 0) is 57.8 Å². The molecule has 0 fully saturated rings. The lowest BCUT2D eigenvalue weighted by Gasteiger charge is -2.20. The summed E-state index contributed by atoms with van der Waals surface area (Å²) in [6.45, 7) is 4.91. The fraction of sp³-hybridized carbons (Fsp3) is 0.905. The van der Waals surface area contributed by atoms with Crippen LogP contribution in [0.3, 0.4) is 0 Å². The first-order valence-electron chi connectivity index (χ1n) is 31.1. The van der Waals surface area contributed by atoms with E-state index in [0.29, 0.717) is 19.4 Å². The van der Waals surface area contributed by atoms with Crippen molar-refractivity contribution in [2.75, 3.05) is 13.2 Å². The normalized spacial score (nSPS) is 12.7. The maximum Gasteiger partial charge on any atom is 0.305 e. The van der Waals surface area contributed by atoms with Crippen LogP contribution in [0.1, 0.15) is 341 Å². The Kier molecular flexibility index (Phi) is 57.5. The number of rotatable bonds is 58. The highest BCUT2D eigenvalue weighted by Gasteiger charge is 2.18. The molecule has 0 aromatic heterocycles. The first kappa shape index (κ1) is 67.3. The number of amides is 1. The van der Waals surface area contributed by atoms with Crippen molar-refractivity contribution in [1.29, 1.82) is 0 Å². The van der Waals surface area contributed by atoms with Crippen LogP contribution >= 0.6 is 0 Å². The summed E-state index contributed by atoms with van der Waals surface area (Å²) in [6, 6.07) is -0.627. The van der Waals surface area contributed by atoms with Crippen LogP contribution in [-0.4, -0.2) is 47.4 Å². The molecule has 2 atom stereocenters. The highest BCUT2D eigenvalue weighted by Crippen LogP contribution is 2.18. The SMILES string of the molecule is CCCCCCCC/C=C\CCCCCCCC(=O)OCCCCCCCCCCCCCCCCCCCCCCCCC(=O)NC(CO)C(O)/C=C/CCCCCCCCCCCCCCC. The quantitative estimate of drug-likeness (QED) is 0.0321. The van der Waals surface area contributed by atoms with Gasteiger partial charge in [-0.25, -0.2) is 0 Å². The summed E-state index contributed by atoms with van der Waals surface area (Å²) >= 11 is 0. The Morgan fingerprint density at radius 2 is 0.681 bits per heavy atom. The van der Waals surface area contributed by atoms with Gasteiger partial charge in [0.05, 0.1) is 25.4 Å². The number of allylic oxidation sites excluding steroid dienone is 3. The molecule has 6 nitrogen and oxygen atoms in total. The van der Waals surface area contributed by atoms with Crippen molar-refractivity contribution >= 4 is 11.9 Å².